The second-order valence-corrected chi connectivity index (χ2v) is 8.83. The zero-order valence-corrected chi connectivity index (χ0v) is 20.1. The monoisotopic (exact) mass is 472 g/mol. The predicted molar refractivity (Wildman–Crippen MR) is 132 cm³/mol. The lowest BCUT2D eigenvalue weighted by Crippen LogP contribution is -2.40. The van der Waals surface area contributed by atoms with Gasteiger partial charge in [-0.2, -0.15) is 0 Å². The van der Waals surface area contributed by atoms with Gasteiger partial charge in [0.2, 0.25) is 5.91 Å². The summed E-state index contributed by atoms with van der Waals surface area (Å²) in [6.45, 7) is 8.26. The molecule has 1 saturated heterocycles. The maximum absolute atomic E-state index is 12.2. The van der Waals surface area contributed by atoms with Crippen LogP contribution in [-0.2, 0) is 21.6 Å². The van der Waals surface area contributed by atoms with E-state index in [1.54, 1.807) is 19.3 Å². The summed E-state index contributed by atoms with van der Waals surface area (Å²) in [6, 6.07) is 5.65. The maximum Gasteiger partial charge on any atom is 0.248 e. The molecule has 10 heteroatoms. The molecule has 10 nitrogen and oxygen atoms in total. The van der Waals surface area contributed by atoms with Crippen molar-refractivity contribution in [3.8, 4) is 22.6 Å². The van der Waals surface area contributed by atoms with E-state index in [1.165, 1.54) is 19.2 Å². The van der Waals surface area contributed by atoms with Gasteiger partial charge in [0.15, 0.2) is 5.65 Å². The van der Waals surface area contributed by atoms with E-state index in [-0.39, 0.29) is 5.91 Å². The lowest BCUT2D eigenvalue weighted by atomic mass is 9.93. The molecule has 2 aliphatic rings. The number of nitrogens with one attached hydrogen (secondary N) is 1. The first-order valence-electron chi connectivity index (χ1n) is 11.7. The van der Waals surface area contributed by atoms with Crippen molar-refractivity contribution in [1.82, 2.24) is 29.5 Å². The Balaban J connectivity index is 0.000000453. The number of imidazole rings is 1. The molecule has 1 fully saturated rings. The second kappa shape index (κ2) is 9.12. The number of anilines is 1. The van der Waals surface area contributed by atoms with Crippen LogP contribution in [0.4, 0.5) is 5.69 Å². The van der Waals surface area contributed by atoms with Crippen LogP contribution in [0.1, 0.15) is 38.1 Å². The van der Waals surface area contributed by atoms with Gasteiger partial charge in [-0.15, -0.1) is 0 Å². The lowest BCUT2D eigenvalue weighted by Gasteiger charge is -2.15. The van der Waals surface area contributed by atoms with E-state index in [9.17, 15) is 4.79 Å². The van der Waals surface area contributed by atoms with Crippen molar-refractivity contribution < 1.29 is 9.53 Å². The molecule has 1 aromatic carbocycles. The van der Waals surface area contributed by atoms with Crippen LogP contribution >= 0.6 is 0 Å². The van der Waals surface area contributed by atoms with Crippen LogP contribution in [0.15, 0.2) is 36.9 Å². The van der Waals surface area contributed by atoms with Crippen molar-refractivity contribution >= 4 is 22.8 Å². The van der Waals surface area contributed by atoms with Crippen LogP contribution in [-0.4, -0.2) is 48.6 Å². The maximum atomic E-state index is 12.2. The third-order valence-corrected chi connectivity index (χ3v) is 6.29. The van der Waals surface area contributed by atoms with Crippen LogP contribution in [0, 0.1) is 6.92 Å². The molecule has 0 radical (unpaired) electrons. The number of nitrogens with zero attached hydrogens (tertiary/aromatic N) is 6. The first kappa shape index (κ1) is 23.0. The Morgan fingerprint density at radius 1 is 1.11 bits per heavy atom. The van der Waals surface area contributed by atoms with E-state index in [1.807, 2.05) is 36.6 Å². The number of amides is 1. The van der Waals surface area contributed by atoms with Crippen molar-refractivity contribution in [2.45, 2.75) is 45.7 Å². The van der Waals surface area contributed by atoms with Gasteiger partial charge in [-0.25, -0.2) is 24.9 Å². The van der Waals surface area contributed by atoms with Gasteiger partial charge in [-0.05, 0) is 45.7 Å². The van der Waals surface area contributed by atoms with Crippen molar-refractivity contribution in [3.63, 3.8) is 0 Å². The number of ether oxygens (including phenoxy) is 1. The summed E-state index contributed by atoms with van der Waals surface area (Å²) < 4.78 is 6.96. The molecule has 0 aliphatic carbocycles. The van der Waals surface area contributed by atoms with Crippen LogP contribution in [0.5, 0.6) is 0 Å². The SMILES string of the molecule is C1CCOC1.CCn1c(-c2cnc(C)nc2)nc2c(-c3ccc4c(c3)C(C)(N)C(=O)N4)ncnc21. The summed E-state index contributed by atoms with van der Waals surface area (Å²) in [6.07, 6.45) is 7.60. The van der Waals surface area contributed by atoms with E-state index in [0.717, 1.165) is 47.1 Å². The van der Waals surface area contributed by atoms with E-state index in [0.29, 0.717) is 23.6 Å². The number of carbonyl (C=O) groups is 1. The number of fused-ring (bicyclic) bond motifs is 2. The second-order valence-electron chi connectivity index (χ2n) is 8.83. The standard InChI is InChI=1S/C21H20N8O.C4H8O/c1-4-29-18(13-8-23-11(2)24-9-13)28-17-16(25-10-26-19(17)29)12-5-6-15-14(7-12)21(3,22)20(30)27-15;1-2-4-5-3-1/h5-10H,4,22H2,1-3H3,(H,27,30);1-4H2. The molecule has 3 aromatic heterocycles. The predicted octanol–water partition coefficient (Wildman–Crippen LogP) is 3.20. The largest absolute Gasteiger partial charge is 0.381 e. The summed E-state index contributed by atoms with van der Waals surface area (Å²) in [5, 5.41) is 2.82. The highest BCUT2D eigenvalue weighted by atomic mass is 16.5. The Labute approximate surface area is 203 Å². The quantitative estimate of drug-likeness (QED) is 0.464. The summed E-state index contributed by atoms with van der Waals surface area (Å²) in [7, 11) is 0. The molecule has 4 aromatic rings. The van der Waals surface area contributed by atoms with Gasteiger partial charge in [0.25, 0.3) is 0 Å². The fraction of sp³-hybridized carbons (Fsp3) is 0.360. The first-order chi connectivity index (χ1) is 16.9. The van der Waals surface area contributed by atoms with Crippen molar-refractivity contribution in [2.24, 2.45) is 5.73 Å². The van der Waals surface area contributed by atoms with Crippen LogP contribution < -0.4 is 11.1 Å². The third kappa shape index (κ3) is 4.15. The van der Waals surface area contributed by atoms with E-state index < -0.39 is 5.54 Å². The average Bonchev–Trinajstić information content (AvgIpc) is 3.60. The molecule has 6 rings (SSSR count). The Bertz CT molecular complexity index is 1380. The number of rotatable bonds is 3. The molecule has 1 atom stereocenters. The van der Waals surface area contributed by atoms with Crippen molar-refractivity contribution in [2.75, 3.05) is 18.5 Å². The molecule has 1 amide bonds. The summed E-state index contributed by atoms with van der Waals surface area (Å²) >= 11 is 0. The van der Waals surface area contributed by atoms with Crippen molar-refractivity contribution in [1.29, 1.82) is 0 Å². The van der Waals surface area contributed by atoms with Crippen LogP contribution in [0.25, 0.3) is 33.8 Å². The molecule has 0 saturated carbocycles. The van der Waals surface area contributed by atoms with Crippen LogP contribution in [0.3, 0.4) is 0 Å². The van der Waals surface area contributed by atoms with Gasteiger partial charge in [0.1, 0.15) is 34.7 Å². The Kier molecular flexibility index (Phi) is 6.00. The molecule has 2 aliphatic heterocycles. The van der Waals surface area contributed by atoms with Gasteiger partial charge < -0.3 is 20.4 Å². The molecular formula is C25H28N8O2. The van der Waals surface area contributed by atoms with E-state index >= 15 is 0 Å². The fourth-order valence-corrected chi connectivity index (χ4v) is 4.29. The number of nitrogens with two attached hydrogens (primary N) is 1. The third-order valence-electron chi connectivity index (χ3n) is 6.29. The smallest absolute Gasteiger partial charge is 0.248 e. The first-order valence-corrected chi connectivity index (χ1v) is 11.7. The number of aryl methyl sites for hydroxylation is 2. The molecule has 1 unspecified atom stereocenters. The molecule has 3 N–H and O–H groups in total. The van der Waals surface area contributed by atoms with Crippen LogP contribution in [0.2, 0.25) is 0 Å². The number of aromatic nitrogens is 6. The van der Waals surface area contributed by atoms with Crippen molar-refractivity contribution in [3.05, 3.63) is 48.3 Å². The average molecular weight is 473 g/mol. The lowest BCUT2D eigenvalue weighted by molar-refractivity contribution is -0.120. The van der Waals surface area contributed by atoms with Gasteiger partial charge in [0, 0.05) is 49.0 Å². The molecule has 0 bridgehead atoms. The van der Waals surface area contributed by atoms with E-state index in [2.05, 4.69) is 25.3 Å². The summed E-state index contributed by atoms with van der Waals surface area (Å²) in [4.78, 5) is 34.6. The fourth-order valence-electron chi connectivity index (χ4n) is 4.29. The summed E-state index contributed by atoms with van der Waals surface area (Å²) in [5.41, 5.74) is 10.3. The minimum atomic E-state index is -1.09. The number of hydrogen-bond acceptors (Lipinski definition) is 8. The van der Waals surface area contributed by atoms with Gasteiger partial charge in [0.05, 0.1) is 5.56 Å². The van der Waals surface area contributed by atoms with E-state index in [4.69, 9.17) is 15.5 Å². The Morgan fingerprint density at radius 3 is 2.51 bits per heavy atom. The zero-order valence-electron chi connectivity index (χ0n) is 20.1. The molecule has 180 valence electrons. The molecule has 0 spiro atoms. The zero-order chi connectivity index (χ0) is 24.6. The number of hydrogen-bond donors (Lipinski definition) is 2. The Morgan fingerprint density at radius 2 is 1.86 bits per heavy atom. The summed E-state index contributed by atoms with van der Waals surface area (Å²) in [5.74, 6) is 1.21. The molecule has 5 heterocycles. The topological polar surface area (TPSA) is 134 Å². The highest BCUT2D eigenvalue weighted by molar-refractivity contribution is 6.06. The number of benzene rings is 1. The normalized spacial score (nSPS) is 18.8. The van der Waals surface area contributed by atoms with Gasteiger partial charge in [-0.1, -0.05) is 6.07 Å². The minimum absolute atomic E-state index is 0.223. The minimum Gasteiger partial charge on any atom is -0.381 e. The number of carbonyl (C=O) groups excluding carboxylic acids is 1. The van der Waals surface area contributed by atoms with Gasteiger partial charge in [-0.3, -0.25) is 4.79 Å². The highest BCUT2D eigenvalue weighted by Gasteiger charge is 2.39. The highest BCUT2D eigenvalue weighted by Crippen LogP contribution is 2.38. The van der Waals surface area contributed by atoms with Gasteiger partial charge >= 0.3 is 0 Å². The Hall–Kier alpha value is -3.76. The molecular weight excluding hydrogens is 444 g/mol. The molecule has 35 heavy (non-hydrogen) atoms.